The van der Waals surface area contributed by atoms with Crippen LogP contribution in [0.4, 0.5) is 5.82 Å². The predicted octanol–water partition coefficient (Wildman–Crippen LogP) is 1.79. The minimum absolute atomic E-state index is 0.0381. The number of pyridine rings is 1. The van der Waals surface area contributed by atoms with Crippen LogP contribution in [-0.4, -0.2) is 28.6 Å². The van der Waals surface area contributed by atoms with Crippen LogP contribution in [0.15, 0.2) is 18.3 Å². The lowest BCUT2D eigenvalue weighted by molar-refractivity contribution is -0.135. The van der Waals surface area contributed by atoms with E-state index >= 15 is 0 Å². The Morgan fingerprint density at radius 2 is 2.22 bits per heavy atom. The quantitative estimate of drug-likeness (QED) is 0.875. The smallest absolute Gasteiger partial charge is 0.323 e. The van der Waals surface area contributed by atoms with E-state index < -0.39 is 5.97 Å². The Kier molecular flexibility index (Phi) is 3.78. The fourth-order valence-electron chi connectivity index (χ4n) is 2.38. The summed E-state index contributed by atoms with van der Waals surface area (Å²) in [6.45, 7) is -0.0381. The van der Waals surface area contributed by atoms with Gasteiger partial charge in [0.25, 0.3) is 0 Å². The van der Waals surface area contributed by atoms with E-state index in [-0.39, 0.29) is 12.6 Å². The molecule has 1 N–H and O–H groups in total. The van der Waals surface area contributed by atoms with Gasteiger partial charge in [0.1, 0.15) is 18.4 Å². The summed E-state index contributed by atoms with van der Waals surface area (Å²) in [4.78, 5) is 17.0. The normalized spacial score (nSPS) is 15.3. The number of carbonyl (C=O) groups is 1. The highest BCUT2D eigenvalue weighted by Crippen LogP contribution is 2.26. The van der Waals surface area contributed by atoms with Crippen molar-refractivity contribution in [3.8, 4) is 6.07 Å². The average molecular weight is 245 g/mol. The van der Waals surface area contributed by atoms with Crippen molar-refractivity contribution < 1.29 is 9.90 Å². The molecule has 1 heterocycles. The molecule has 0 aliphatic heterocycles. The number of hydrogen-bond acceptors (Lipinski definition) is 4. The molecule has 5 heteroatoms. The Morgan fingerprint density at radius 3 is 2.72 bits per heavy atom. The lowest BCUT2D eigenvalue weighted by Crippen LogP contribution is -2.38. The highest BCUT2D eigenvalue weighted by atomic mass is 16.4. The topological polar surface area (TPSA) is 77.2 Å². The number of hydrogen-bond donors (Lipinski definition) is 1. The Hall–Kier alpha value is -2.09. The summed E-state index contributed by atoms with van der Waals surface area (Å²) >= 11 is 0. The summed E-state index contributed by atoms with van der Waals surface area (Å²) in [5, 5.41) is 17.7. The third-order valence-electron chi connectivity index (χ3n) is 3.24. The van der Waals surface area contributed by atoms with Crippen LogP contribution >= 0.6 is 0 Å². The highest BCUT2D eigenvalue weighted by Gasteiger charge is 2.25. The molecular weight excluding hydrogens is 230 g/mol. The van der Waals surface area contributed by atoms with E-state index in [0.29, 0.717) is 11.4 Å². The number of nitriles is 1. The highest BCUT2D eigenvalue weighted by molar-refractivity contribution is 5.73. The number of carboxylic acids is 1. The second kappa shape index (κ2) is 5.50. The molecular formula is C13H15N3O2. The van der Waals surface area contributed by atoms with Crippen LogP contribution in [0.25, 0.3) is 0 Å². The lowest BCUT2D eigenvalue weighted by atomic mass is 10.2. The van der Waals surface area contributed by atoms with Gasteiger partial charge in [-0.25, -0.2) is 4.98 Å². The van der Waals surface area contributed by atoms with Crippen molar-refractivity contribution >= 4 is 11.8 Å². The fourth-order valence-corrected chi connectivity index (χ4v) is 2.38. The fraction of sp³-hybridized carbons (Fsp3) is 0.462. The third kappa shape index (κ3) is 2.77. The molecule has 1 aliphatic carbocycles. The van der Waals surface area contributed by atoms with Gasteiger partial charge >= 0.3 is 5.97 Å². The van der Waals surface area contributed by atoms with E-state index in [1.807, 2.05) is 11.0 Å². The van der Waals surface area contributed by atoms with Gasteiger partial charge in [-0.1, -0.05) is 12.8 Å². The summed E-state index contributed by atoms with van der Waals surface area (Å²) in [7, 11) is 0. The first-order chi connectivity index (χ1) is 8.70. The van der Waals surface area contributed by atoms with E-state index in [4.69, 9.17) is 10.4 Å². The van der Waals surface area contributed by atoms with Gasteiger partial charge in [-0.3, -0.25) is 4.79 Å². The van der Waals surface area contributed by atoms with Crippen LogP contribution in [0.1, 0.15) is 31.2 Å². The molecule has 0 atom stereocenters. The minimum Gasteiger partial charge on any atom is -0.480 e. The maximum Gasteiger partial charge on any atom is 0.323 e. The molecule has 0 spiro atoms. The molecule has 0 amide bonds. The molecule has 0 saturated heterocycles. The Morgan fingerprint density at radius 1 is 1.50 bits per heavy atom. The minimum atomic E-state index is -0.854. The van der Waals surface area contributed by atoms with Crippen molar-refractivity contribution in [1.82, 2.24) is 4.98 Å². The molecule has 1 saturated carbocycles. The molecule has 0 radical (unpaired) electrons. The van der Waals surface area contributed by atoms with Gasteiger partial charge in [-0.15, -0.1) is 0 Å². The number of anilines is 1. The summed E-state index contributed by atoms with van der Waals surface area (Å²) in [5.74, 6) is -0.212. The van der Waals surface area contributed by atoms with Crippen molar-refractivity contribution in [1.29, 1.82) is 5.26 Å². The molecule has 1 aliphatic rings. The van der Waals surface area contributed by atoms with E-state index in [9.17, 15) is 4.79 Å². The first-order valence-electron chi connectivity index (χ1n) is 6.05. The van der Waals surface area contributed by atoms with Gasteiger partial charge in [-0.2, -0.15) is 5.26 Å². The van der Waals surface area contributed by atoms with Crippen molar-refractivity contribution in [2.24, 2.45) is 0 Å². The Balaban J connectivity index is 2.21. The number of aromatic nitrogens is 1. The largest absolute Gasteiger partial charge is 0.480 e. The summed E-state index contributed by atoms with van der Waals surface area (Å²) in [6.07, 6.45) is 5.77. The molecule has 1 aromatic heterocycles. The van der Waals surface area contributed by atoms with Crippen molar-refractivity contribution in [3.63, 3.8) is 0 Å². The van der Waals surface area contributed by atoms with Gasteiger partial charge in [0.2, 0.25) is 0 Å². The number of carboxylic acid groups (broad SMARTS) is 1. The van der Waals surface area contributed by atoms with Crippen molar-refractivity contribution in [3.05, 3.63) is 23.9 Å². The molecule has 1 aromatic rings. The molecule has 5 nitrogen and oxygen atoms in total. The maximum atomic E-state index is 10.9. The zero-order valence-electron chi connectivity index (χ0n) is 10.0. The monoisotopic (exact) mass is 245 g/mol. The zero-order valence-corrected chi connectivity index (χ0v) is 10.0. The standard InChI is InChI=1S/C13H15N3O2/c14-7-10-5-6-12(15-8-10)16(9-13(17)18)11-3-1-2-4-11/h5-6,8,11H,1-4,9H2,(H,17,18). The second-order valence-electron chi connectivity index (χ2n) is 4.48. The summed E-state index contributed by atoms with van der Waals surface area (Å²) in [6, 6.07) is 5.65. The van der Waals surface area contributed by atoms with E-state index in [2.05, 4.69) is 4.98 Å². The van der Waals surface area contributed by atoms with Crippen LogP contribution in [0.2, 0.25) is 0 Å². The van der Waals surface area contributed by atoms with Crippen LogP contribution in [0.5, 0.6) is 0 Å². The van der Waals surface area contributed by atoms with Gasteiger partial charge in [0, 0.05) is 12.2 Å². The van der Waals surface area contributed by atoms with Crippen LogP contribution in [-0.2, 0) is 4.79 Å². The molecule has 2 rings (SSSR count). The number of nitrogens with zero attached hydrogens (tertiary/aromatic N) is 3. The van der Waals surface area contributed by atoms with Crippen molar-refractivity contribution in [2.45, 2.75) is 31.7 Å². The number of rotatable bonds is 4. The van der Waals surface area contributed by atoms with E-state index in [1.54, 1.807) is 12.1 Å². The van der Waals surface area contributed by atoms with Crippen LogP contribution in [0.3, 0.4) is 0 Å². The lowest BCUT2D eigenvalue weighted by Gasteiger charge is -2.28. The molecule has 1 fully saturated rings. The molecule has 0 unspecified atom stereocenters. The first-order valence-corrected chi connectivity index (χ1v) is 6.05. The van der Waals surface area contributed by atoms with Crippen LogP contribution in [0, 0.1) is 11.3 Å². The summed E-state index contributed by atoms with van der Waals surface area (Å²) < 4.78 is 0. The van der Waals surface area contributed by atoms with Gasteiger partial charge in [0.05, 0.1) is 5.56 Å². The van der Waals surface area contributed by atoms with Crippen molar-refractivity contribution in [2.75, 3.05) is 11.4 Å². The van der Waals surface area contributed by atoms with Crippen LogP contribution < -0.4 is 4.90 Å². The molecule has 18 heavy (non-hydrogen) atoms. The maximum absolute atomic E-state index is 10.9. The second-order valence-corrected chi connectivity index (χ2v) is 4.48. The third-order valence-corrected chi connectivity index (χ3v) is 3.24. The first kappa shape index (κ1) is 12.4. The van der Waals surface area contributed by atoms with E-state index in [1.165, 1.54) is 6.20 Å². The molecule has 0 bridgehead atoms. The van der Waals surface area contributed by atoms with Gasteiger partial charge in [0.15, 0.2) is 0 Å². The molecule has 0 aromatic carbocycles. The Bertz CT molecular complexity index is 458. The SMILES string of the molecule is N#Cc1ccc(N(CC(=O)O)C2CCCC2)nc1. The van der Waals surface area contributed by atoms with E-state index in [0.717, 1.165) is 25.7 Å². The molecule has 94 valence electrons. The Labute approximate surface area is 106 Å². The predicted molar refractivity (Wildman–Crippen MR) is 66.2 cm³/mol. The average Bonchev–Trinajstić information content (AvgIpc) is 2.89. The van der Waals surface area contributed by atoms with Gasteiger partial charge in [-0.05, 0) is 25.0 Å². The van der Waals surface area contributed by atoms with Gasteiger partial charge < -0.3 is 10.0 Å². The zero-order chi connectivity index (χ0) is 13.0. The number of aliphatic carboxylic acids is 1. The summed E-state index contributed by atoms with van der Waals surface area (Å²) in [5.41, 5.74) is 0.487.